The third kappa shape index (κ3) is 3.66. The van der Waals surface area contributed by atoms with Crippen LogP contribution in [0.25, 0.3) is 10.9 Å². The molecule has 0 bridgehead atoms. The lowest BCUT2D eigenvalue weighted by Crippen LogP contribution is -2.21. The number of amides is 1. The molecule has 0 aliphatic carbocycles. The van der Waals surface area contributed by atoms with Crippen LogP contribution in [-0.4, -0.2) is 17.4 Å². The Hall–Kier alpha value is -2.88. The summed E-state index contributed by atoms with van der Waals surface area (Å²) in [6, 6.07) is 17.7. The van der Waals surface area contributed by atoms with Crippen LogP contribution in [0, 0.1) is 0 Å². The van der Waals surface area contributed by atoms with Gasteiger partial charge in [0.1, 0.15) is 0 Å². The van der Waals surface area contributed by atoms with Crippen LogP contribution >= 0.6 is 0 Å². The second-order valence-electron chi connectivity index (χ2n) is 5.33. The fourth-order valence-electron chi connectivity index (χ4n) is 2.45. The Kier molecular flexibility index (Phi) is 4.52. The summed E-state index contributed by atoms with van der Waals surface area (Å²) >= 11 is 0. The van der Waals surface area contributed by atoms with E-state index in [1.807, 2.05) is 54.6 Å². The average molecular weight is 305 g/mol. The van der Waals surface area contributed by atoms with E-state index in [4.69, 9.17) is 0 Å². The van der Waals surface area contributed by atoms with E-state index in [0.29, 0.717) is 0 Å². The second kappa shape index (κ2) is 6.92. The van der Waals surface area contributed by atoms with Crippen molar-refractivity contribution in [2.24, 2.45) is 0 Å². The molecule has 23 heavy (non-hydrogen) atoms. The highest BCUT2D eigenvalue weighted by atomic mass is 16.1. The van der Waals surface area contributed by atoms with Crippen molar-refractivity contribution in [1.29, 1.82) is 0 Å². The van der Waals surface area contributed by atoms with Crippen LogP contribution in [-0.2, 0) is 11.2 Å². The zero-order chi connectivity index (χ0) is 16.1. The molecule has 3 aromatic rings. The van der Waals surface area contributed by atoms with E-state index >= 15 is 0 Å². The Bertz CT molecular complexity index is 807. The molecule has 0 spiro atoms. The molecular weight excluding hydrogens is 286 g/mol. The summed E-state index contributed by atoms with van der Waals surface area (Å²) in [6.07, 6.45) is 2.74. The number of rotatable bonds is 5. The van der Waals surface area contributed by atoms with Gasteiger partial charge in [0.05, 0.1) is 17.7 Å². The number of carbonyl (C=O) groups excluding carboxylic acids is 1. The highest BCUT2D eigenvalue weighted by Gasteiger charge is 2.05. The van der Waals surface area contributed by atoms with Crippen molar-refractivity contribution in [2.75, 3.05) is 17.2 Å². The minimum atomic E-state index is -0.0813. The van der Waals surface area contributed by atoms with Crippen molar-refractivity contribution in [1.82, 2.24) is 4.98 Å². The number of hydrogen-bond donors (Lipinski definition) is 2. The van der Waals surface area contributed by atoms with Gasteiger partial charge in [0, 0.05) is 17.3 Å². The number of nitrogens with one attached hydrogen (secondary N) is 2. The molecule has 0 radical (unpaired) electrons. The Balaban J connectivity index is 1.63. The van der Waals surface area contributed by atoms with Crippen molar-refractivity contribution < 1.29 is 4.79 Å². The third-order valence-corrected chi connectivity index (χ3v) is 3.72. The Morgan fingerprint density at radius 2 is 1.83 bits per heavy atom. The molecule has 116 valence electrons. The average Bonchev–Trinajstić information content (AvgIpc) is 2.60. The van der Waals surface area contributed by atoms with Crippen molar-refractivity contribution in [3.8, 4) is 0 Å². The van der Waals surface area contributed by atoms with Gasteiger partial charge < -0.3 is 10.6 Å². The predicted octanol–water partition coefficient (Wildman–Crippen LogP) is 3.85. The normalized spacial score (nSPS) is 10.5. The zero-order valence-corrected chi connectivity index (χ0v) is 13.0. The first-order chi connectivity index (χ1) is 11.3. The third-order valence-electron chi connectivity index (χ3n) is 3.72. The number of aromatic nitrogens is 1. The maximum absolute atomic E-state index is 12.1. The molecule has 0 fully saturated rings. The molecule has 1 amide bonds. The number of hydrogen-bond acceptors (Lipinski definition) is 3. The Morgan fingerprint density at radius 1 is 1.04 bits per heavy atom. The molecular formula is C19H19N3O. The van der Waals surface area contributed by atoms with Crippen LogP contribution in [0.1, 0.15) is 12.5 Å². The van der Waals surface area contributed by atoms with Gasteiger partial charge in [-0.3, -0.25) is 9.78 Å². The second-order valence-corrected chi connectivity index (χ2v) is 5.33. The van der Waals surface area contributed by atoms with Gasteiger partial charge in [0.25, 0.3) is 0 Å². The molecule has 1 aromatic heterocycles. The van der Waals surface area contributed by atoms with Crippen LogP contribution in [0.15, 0.2) is 60.8 Å². The van der Waals surface area contributed by atoms with Crippen LogP contribution < -0.4 is 10.6 Å². The first kappa shape index (κ1) is 15.0. The van der Waals surface area contributed by atoms with E-state index in [1.54, 1.807) is 6.20 Å². The van der Waals surface area contributed by atoms with Gasteiger partial charge in [-0.1, -0.05) is 37.3 Å². The van der Waals surface area contributed by atoms with E-state index < -0.39 is 0 Å². The van der Waals surface area contributed by atoms with Crippen LogP contribution in [0.2, 0.25) is 0 Å². The number of fused-ring (bicyclic) bond motifs is 1. The Morgan fingerprint density at radius 3 is 2.61 bits per heavy atom. The van der Waals surface area contributed by atoms with Gasteiger partial charge in [-0.15, -0.1) is 0 Å². The van der Waals surface area contributed by atoms with Gasteiger partial charge in [0.15, 0.2) is 0 Å². The first-order valence-electron chi connectivity index (χ1n) is 7.72. The summed E-state index contributed by atoms with van der Waals surface area (Å²) in [5, 5.41) is 7.09. The molecule has 0 atom stereocenters. The maximum Gasteiger partial charge on any atom is 0.243 e. The van der Waals surface area contributed by atoms with Crippen LogP contribution in [0.4, 0.5) is 11.4 Å². The lowest BCUT2D eigenvalue weighted by atomic mass is 10.1. The number of carbonyl (C=O) groups is 1. The molecule has 0 saturated heterocycles. The molecule has 0 saturated carbocycles. The molecule has 3 rings (SSSR count). The van der Waals surface area contributed by atoms with Crippen molar-refractivity contribution in [2.45, 2.75) is 13.3 Å². The molecule has 0 aliphatic heterocycles. The zero-order valence-electron chi connectivity index (χ0n) is 13.0. The van der Waals surface area contributed by atoms with Crippen LogP contribution in [0.5, 0.6) is 0 Å². The molecule has 2 N–H and O–H groups in total. The highest BCUT2D eigenvalue weighted by Crippen LogP contribution is 2.20. The topological polar surface area (TPSA) is 54.0 Å². The summed E-state index contributed by atoms with van der Waals surface area (Å²) in [6.45, 7) is 2.31. The molecule has 4 heteroatoms. The summed E-state index contributed by atoms with van der Waals surface area (Å²) in [7, 11) is 0. The highest BCUT2D eigenvalue weighted by molar-refractivity contribution is 5.96. The Labute approximate surface area is 135 Å². The summed E-state index contributed by atoms with van der Waals surface area (Å²) in [5.74, 6) is -0.0813. The monoisotopic (exact) mass is 305 g/mol. The number of anilines is 2. The first-order valence-corrected chi connectivity index (χ1v) is 7.72. The molecule has 2 aromatic carbocycles. The number of benzene rings is 2. The number of pyridine rings is 1. The lowest BCUT2D eigenvalue weighted by Gasteiger charge is -2.10. The van der Waals surface area contributed by atoms with E-state index in [9.17, 15) is 4.79 Å². The predicted molar refractivity (Wildman–Crippen MR) is 94.7 cm³/mol. The number of para-hydroxylation sites is 1. The van der Waals surface area contributed by atoms with Gasteiger partial charge in [-0.25, -0.2) is 0 Å². The van der Waals surface area contributed by atoms with Gasteiger partial charge in [0.2, 0.25) is 5.91 Å². The number of aryl methyl sites for hydroxylation is 1. The molecule has 1 heterocycles. The van der Waals surface area contributed by atoms with Crippen LogP contribution in [0.3, 0.4) is 0 Å². The fraction of sp³-hybridized carbons (Fsp3) is 0.158. The fourth-order valence-corrected chi connectivity index (χ4v) is 2.45. The quantitative estimate of drug-likeness (QED) is 0.753. The molecule has 4 nitrogen and oxygen atoms in total. The molecule has 0 unspecified atom stereocenters. The minimum Gasteiger partial charge on any atom is -0.374 e. The van der Waals surface area contributed by atoms with Gasteiger partial charge >= 0.3 is 0 Å². The smallest absolute Gasteiger partial charge is 0.243 e. The largest absolute Gasteiger partial charge is 0.374 e. The standard InChI is InChI=1S/C19H19N3O/c1-2-14-8-10-16(11-9-14)22-18(23)13-21-17-7-3-5-15-6-4-12-20-19(15)17/h3-12,21H,2,13H2,1H3,(H,22,23). The van der Waals surface area contributed by atoms with E-state index in [1.165, 1.54) is 5.56 Å². The van der Waals surface area contributed by atoms with Crippen molar-refractivity contribution >= 4 is 28.2 Å². The number of nitrogens with zero attached hydrogens (tertiary/aromatic N) is 1. The summed E-state index contributed by atoms with van der Waals surface area (Å²) in [4.78, 5) is 16.5. The van der Waals surface area contributed by atoms with E-state index in [0.717, 1.165) is 28.7 Å². The molecule has 0 aliphatic rings. The minimum absolute atomic E-state index is 0.0813. The lowest BCUT2D eigenvalue weighted by molar-refractivity contribution is -0.114. The van der Waals surface area contributed by atoms with E-state index in [-0.39, 0.29) is 12.5 Å². The van der Waals surface area contributed by atoms with Gasteiger partial charge in [-0.05, 0) is 36.2 Å². The SMILES string of the molecule is CCc1ccc(NC(=O)CNc2cccc3cccnc23)cc1. The maximum atomic E-state index is 12.1. The van der Waals surface area contributed by atoms with Gasteiger partial charge in [-0.2, -0.15) is 0 Å². The van der Waals surface area contributed by atoms with Crippen molar-refractivity contribution in [3.63, 3.8) is 0 Å². The summed E-state index contributed by atoms with van der Waals surface area (Å²) in [5.41, 5.74) is 3.79. The van der Waals surface area contributed by atoms with Crippen molar-refractivity contribution in [3.05, 3.63) is 66.4 Å². The summed E-state index contributed by atoms with van der Waals surface area (Å²) < 4.78 is 0. The van der Waals surface area contributed by atoms with E-state index in [2.05, 4.69) is 22.5 Å².